The molecule has 36 heavy (non-hydrogen) atoms. The minimum absolute atomic E-state index is 0.00920. The number of methoxy groups -OCH3 is 1. The molecule has 0 amide bonds. The second-order valence-corrected chi connectivity index (χ2v) is 16.0. The van der Waals surface area contributed by atoms with E-state index in [1.165, 1.54) is 21.5 Å². The van der Waals surface area contributed by atoms with Gasteiger partial charge in [0, 0.05) is 18.2 Å². The minimum atomic E-state index is -2.47. The summed E-state index contributed by atoms with van der Waals surface area (Å²) >= 11 is 3.63. The fourth-order valence-corrected chi connectivity index (χ4v) is 10.8. The highest BCUT2D eigenvalue weighted by Gasteiger charge is 2.50. The van der Waals surface area contributed by atoms with E-state index in [1.54, 1.807) is 7.11 Å². The monoisotopic (exact) mass is 566 g/mol. The van der Waals surface area contributed by atoms with Gasteiger partial charge < -0.3 is 13.9 Å². The molecule has 0 bridgehead atoms. The van der Waals surface area contributed by atoms with Gasteiger partial charge in [0.2, 0.25) is 0 Å². The molecule has 3 nitrogen and oxygen atoms in total. The normalized spacial score (nSPS) is 17.8. The zero-order valence-electron chi connectivity index (χ0n) is 22.0. The molecule has 2 unspecified atom stereocenters. The van der Waals surface area contributed by atoms with Crippen LogP contribution in [0.2, 0.25) is 5.04 Å². The summed E-state index contributed by atoms with van der Waals surface area (Å²) in [5.41, 5.74) is 2.70. The molecule has 5 heteroatoms. The predicted molar refractivity (Wildman–Crippen MR) is 154 cm³/mol. The van der Waals surface area contributed by atoms with Crippen molar-refractivity contribution >= 4 is 34.6 Å². The topological polar surface area (TPSA) is 27.7 Å². The number of hydrogen-bond acceptors (Lipinski definition) is 3. The van der Waals surface area contributed by atoms with Crippen LogP contribution in [-0.2, 0) is 20.3 Å². The maximum Gasteiger partial charge on any atom is 0.261 e. The quantitative estimate of drug-likeness (QED) is 0.142. The van der Waals surface area contributed by atoms with Crippen molar-refractivity contribution in [2.75, 3.05) is 20.5 Å². The summed E-state index contributed by atoms with van der Waals surface area (Å²) in [7, 11) is -0.777. The van der Waals surface area contributed by atoms with Crippen molar-refractivity contribution < 1.29 is 13.9 Å². The molecule has 3 aromatic carbocycles. The highest BCUT2D eigenvalue weighted by Crippen LogP contribution is 2.42. The molecular formula is C31H39BrO3Si. The molecule has 0 heterocycles. The zero-order valence-corrected chi connectivity index (χ0v) is 24.6. The van der Waals surface area contributed by atoms with Crippen LogP contribution in [0.15, 0.2) is 83.3 Å². The van der Waals surface area contributed by atoms with Crippen molar-refractivity contribution in [3.8, 4) is 0 Å². The van der Waals surface area contributed by atoms with E-state index in [2.05, 4.69) is 116 Å². The molecule has 0 radical (unpaired) electrons. The van der Waals surface area contributed by atoms with E-state index in [9.17, 15) is 0 Å². The van der Waals surface area contributed by atoms with Crippen molar-refractivity contribution in [3.63, 3.8) is 0 Å². The second kappa shape index (κ2) is 12.2. The Morgan fingerprint density at radius 3 is 2.11 bits per heavy atom. The molecule has 0 fully saturated rings. The lowest BCUT2D eigenvalue weighted by Gasteiger charge is -2.43. The average Bonchev–Trinajstić information content (AvgIpc) is 3.21. The summed E-state index contributed by atoms with van der Waals surface area (Å²) < 4.78 is 19.6. The van der Waals surface area contributed by atoms with Crippen LogP contribution in [0.3, 0.4) is 0 Å². The molecule has 1 aliphatic carbocycles. The molecule has 0 spiro atoms. The first-order valence-electron chi connectivity index (χ1n) is 13.0. The Bertz CT molecular complexity index is 1060. The molecule has 2 atom stereocenters. The van der Waals surface area contributed by atoms with Crippen LogP contribution in [-0.4, -0.2) is 28.8 Å². The van der Waals surface area contributed by atoms with E-state index in [0.29, 0.717) is 12.7 Å². The van der Waals surface area contributed by atoms with Gasteiger partial charge in [-0.3, -0.25) is 0 Å². The van der Waals surface area contributed by atoms with E-state index in [0.717, 1.165) is 36.8 Å². The summed E-state index contributed by atoms with van der Waals surface area (Å²) in [6.07, 6.45) is 4.43. The van der Waals surface area contributed by atoms with Crippen molar-refractivity contribution in [3.05, 3.63) is 94.5 Å². The van der Waals surface area contributed by atoms with Crippen LogP contribution in [0, 0.1) is 5.92 Å². The van der Waals surface area contributed by atoms with E-state index >= 15 is 0 Å². The van der Waals surface area contributed by atoms with Gasteiger partial charge in [0.25, 0.3) is 8.32 Å². The summed E-state index contributed by atoms with van der Waals surface area (Å²) in [6.45, 7) is 8.11. The summed E-state index contributed by atoms with van der Waals surface area (Å²) in [6, 6.07) is 28.4. The van der Waals surface area contributed by atoms with Crippen LogP contribution >= 0.6 is 15.9 Å². The first kappa shape index (κ1) is 27.3. The molecule has 0 saturated carbocycles. The lowest BCUT2D eigenvalue weighted by molar-refractivity contribution is -0.0900. The van der Waals surface area contributed by atoms with Gasteiger partial charge in [-0.1, -0.05) is 110 Å². The Morgan fingerprint density at radius 2 is 1.53 bits per heavy atom. The molecule has 0 saturated heterocycles. The number of ether oxygens (including phenoxy) is 2. The van der Waals surface area contributed by atoms with Crippen LogP contribution in [0.25, 0.3) is 0 Å². The van der Waals surface area contributed by atoms with Gasteiger partial charge in [-0.05, 0) is 63.9 Å². The highest BCUT2D eigenvalue weighted by atomic mass is 79.9. The van der Waals surface area contributed by atoms with Crippen molar-refractivity contribution in [2.24, 2.45) is 5.92 Å². The van der Waals surface area contributed by atoms with Crippen LogP contribution < -0.4 is 10.4 Å². The SMILES string of the molecule is COCOC1c2ccc(Br)cc2CC1CCCCO[Si](c1ccccc1)(c1ccccc1)C(C)(C)C. The molecule has 1 aliphatic rings. The van der Waals surface area contributed by atoms with Gasteiger partial charge in [0.05, 0.1) is 6.10 Å². The number of fused-ring (bicyclic) bond motifs is 1. The van der Waals surface area contributed by atoms with Gasteiger partial charge >= 0.3 is 0 Å². The first-order chi connectivity index (χ1) is 17.4. The first-order valence-corrected chi connectivity index (χ1v) is 15.7. The zero-order chi connectivity index (χ0) is 25.6. The highest BCUT2D eigenvalue weighted by molar-refractivity contribution is 9.10. The van der Waals surface area contributed by atoms with Crippen LogP contribution in [0.1, 0.15) is 57.3 Å². The number of hydrogen-bond donors (Lipinski definition) is 0. The standard InChI is InChI=1S/C31H39BrO3Si/c1-31(2,3)36(27-14-7-5-8-15-27,28-16-9-6-10-17-28)35-20-12-11-13-24-21-25-22-26(32)18-19-29(25)30(24)34-23-33-4/h5-10,14-19,22,24,30H,11-13,20-21,23H2,1-4H3. The third kappa shape index (κ3) is 5.86. The van der Waals surface area contributed by atoms with Crippen molar-refractivity contribution in [1.82, 2.24) is 0 Å². The second-order valence-electron chi connectivity index (χ2n) is 10.8. The fourth-order valence-electron chi connectivity index (χ4n) is 5.79. The Balaban J connectivity index is 1.45. The minimum Gasteiger partial charge on any atom is -0.407 e. The van der Waals surface area contributed by atoms with E-state index in [-0.39, 0.29) is 11.1 Å². The smallest absolute Gasteiger partial charge is 0.261 e. The fraction of sp³-hybridized carbons (Fsp3) is 0.419. The van der Waals surface area contributed by atoms with Gasteiger partial charge in [-0.25, -0.2) is 0 Å². The van der Waals surface area contributed by atoms with Crippen LogP contribution in [0.5, 0.6) is 0 Å². The third-order valence-electron chi connectivity index (χ3n) is 7.39. The number of benzene rings is 3. The molecule has 192 valence electrons. The molecule has 0 aliphatic heterocycles. The summed E-state index contributed by atoms with van der Waals surface area (Å²) in [5, 5.41) is 2.69. The molecule has 0 aromatic heterocycles. The number of unbranched alkanes of at least 4 members (excludes halogenated alkanes) is 1. The lowest BCUT2D eigenvalue weighted by atomic mass is 9.96. The van der Waals surface area contributed by atoms with Crippen LogP contribution in [0.4, 0.5) is 0 Å². The van der Waals surface area contributed by atoms with Crippen molar-refractivity contribution in [2.45, 2.75) is 57.6 Å². The predicted octanol–water partition coefficient (Wildman–Crippen LogP) is 7.03. The number of halogens is 1. The Labute approximate surface area is 226 Å². The number of rotatable bonds is 11. The summed E-state index contributed by atoms with van der Waals surface area (Å²) in [5.74, 6) is 0.470. The Kier molecular flexibility index (Phi) is 9.23. The molecule has 0 N–H and O–H groups in total. The largest absolute Gasteiger partial charge is 0.407 e. The Morgan fingerprint density at radius 1 is 0.889 bits per heavy atom. The summed E-state index contributed by atoms with van der Waals surface area (Å²) in [4.78, 5) is 0. The molecular weight excluding hydrogens is 528 g/mol. The Hall–Kier alpha value is -1.76. The van der Waals surface area contributed by atoms with Gasteiger partial charge in [-0.2, -0.15) is 0 Å². The van der Waals surface area contributed by atoms with Gasteiger partial charge in [-0.15, -0.1) is 0 Å². The van der Waals surface area contributed by atoms with Crippen molar-refractivity contribution in [1.29, 1.82) is 0 Å². The lowest BCUT2D eigenvalue weighted by Crippen LogP contribution is -2.66. The molecule has 4 rings (SSSR count). The maximum atomic E-state index is 7.08. The average molecular weight is 568 g/mol. The maximum absolute atomic E-state index is 7.08. The van der Waals surface area contributed by atoms with Gasteiger partial charge in [0.15, 0.2) is 0 Å². The van der Waals surface area contributed by atoms with E-state index in [1.807, 2.05) is 0 Å². The van der Waals surface area contributed by atoms with Gasteiger partial charge in [0.1, 0.15) is 6.79 Å². The van der Waals surface area contributed by atoms with E-state index < -0.39 is 8.32 Å². The van der Waals surface area contributed by atoms with E-state index in [4.69, 9.17) is 13.9 Å². The molecule has 3 aromatic rings. The third-order valence-corrected chi connectivity index (χ3v) is 12.9.